The third-order valence-corrected chi connectivity index (χ3v) is 6.04. The minimum absolute atomic E-state index is 0. The maximum absolute atomic E-state index is 11.5. The predicted molar refractivity (Wildman–Crippen MR) is 89.7 cm³/mol. The lowest BCUT2D eigenvalue weighted by molar-refractivity contribution is 0.454. The zero-order valence-electron chi connectivity index (χ0n) is 11.0. The van der Waals surface area contributed by atoms with Gasteiger partial charge in [0, 0.05) is 30.9 Å². The Hall–Kier alpha value is 0.300. The summed E-state index contributed by atoms with van der Waals surface area (Å²) in [7, 11) is -3.11. The topological polar surface area (TPSA) is 75.8 Å². The Morgan fingerprint density at radius 3 is 2.33 bits per heavy atom. The van der Waals surface area contributed by atoms with Crippen molar-refractivity contribution < 1.29 is 8.42 Å². The molecule has 8 heteroatoms. The van der Waals surface area contributed by atoms with E-state index in [1.165, 1.54) is 6.26 Å². The fourth-order valence-electron chi connectivity index (χ4n) is 1.28. The number of hydrogen-bond acceptors (Lipinski definition) is 4. The number of nitrogens with two attached hydrogens (primary N) is 1. The van der Waals surface area contributed by atoms with E-state index in [9.17, 15) is 8.42 Å². The molecule has 1 heterocycles. The van der Waals surface area contributed by atoms with Gasteiger partial charge in [0.2, 0.25) is 0 Å². The zero-order valence-corrected chi connectivity index (χ0v) is 15.0. The molecular formula is C10H22IN3O2S2. The fourth-order valence-corrected chi connectivity index (χ4v) is 2.48. The van der Waals surface area contributed by atoms with Gasteiger partial charge < -0.3 is 10.6 Å². The molecule has 5 nitrogen and oxygen atoms in total. The van der Waals surface area contributed by atoms with Crippen molar-refractivity contribution in [2.75, 3.05) is 37.4 Å². The highest BCUT2D eigenvalue weighted by atomic mass is 127. The molecular weight excluding hydrogens is 385 g/mol. The molecule has 1 rings (SSSR count). The molecule has 1 aliphatic heterocycles. The number of halogens is 1. The van der Waals surface area contributed by atoms with Crippen molar-refractivity contribution >= 4 is 51.5 Å². The smallest absolute Gasteiger partial charge is 0.191 e. The highest BCUT2D eigenvalue weighted by molar-refractivity contribution is 14.0. The molecule has 18 heavy (non-hydrogen) atoms. The third kappa shape index (κ3) is 5.12. The van der Waals surface area contributed by atoms with Gasteiger partial charge in [-0.15, -0.1) is 24.0 Å². The summed E-state index contributed by atoms with van der Waals surface area (Å²) < 4.78 is 22.2. The molecule has 0 atom stereocenters. The van der Waals surface area contributed by atoms with Crippen LogP contribution in [0.15, 0.2) is 4.99 Å². The van der Waals surface area contributed by atoms with E-state index in [2.05, 4.69) is 4.99 Å². The monoisotopic (exact) mass is 407 g/mol. The first-order valence-electron chi connectivity index (χ1n) is 5.56. The van der Waals surface area contributed by atoms with E-state index in [1.807, 2.05) is 16.7 Å². The van der Waals surface area contributed by atoms with E-state index in [0.29, 0.717) is 5.96 Å². The minimum Gasteiger partial charge on any atom is -0.370 e. The van der Waals surface area contributed by atoms with Crippen LogP contribution in [0.4, 0.5) is 0 Å². The molecule has 0 spiro atoms. The minimum atomic E-state index is -3.11. The Morgan fingerprint density at radius 1 is 1.39 bits per heavy atom. The molecule has 0 aromatic heterocycles. The van der Waals surface area contributed by atoms with Crippen molar-refractivity contribution in [3.8, 4) is 0 Å². The molecule has 0 saturated carbocycles. The van der Waals surface area contributed by atoms with Crippen LogP contribution in [0.25, 0.3) is 0 Å². The third-order valence-electron chi connectivity index (χ3n) is 2.96. The quantitative estimate of drug-likeness (QED) is 0.426. The number of aliphatic imine (C=N–C) groups is 1. The van der Waals surface area contributed by atoms with E-state index < -0.39 is 14.6 Å². The van der Waals surface area contributed by atoms with Gasteiger partial charge in [0.1, 0.15) is 0 Å². The van der Waals surface area contributed by atoms with Crippen LogP contribution in [0.3, 0.4) is 0 Å². The summed E-state index contributed by atoms with van der Waals surface area (Å²) in [6.07, 6.45) is 1.23. The van der Waals surface area contributed by atoms with Gasteiger partial charge >= 0.3 is 0 Å². The molecule has 1 aliphatic rings. The van der Waals surface area contributed by atoms with Crippen molar-refractivity contribution in [2.24, 2.45) is 10.7 Å². The van der Waals surface area contributed by atoms with E-state index in [4.69, 9.17) is 5.73 Å². The van der Waals surface area contributed by atoms with Crippen molar-refractivity contribution in [3.63, 3.8) is 0 Å². The normalized spacial score (nSPS) is 18.4. The van der Waals surface area contributed by atoms with Gasteiger partial charge in [-0.05, 0) is 13.8 Å². The largest absolute Gasteiger partial charge is 0.370 e. The molecule has 1 fully saturated rings. The average molecular weight is 407 g/mol. The lowest BCUT2D eigenvalue weighted by atomic mass is 10.2. The summed E-state index contributed by atoms with van der Waals surface area (Å²) in [6.45, 7) is 5.33. The van der Waals surface area contributed by atoms with Crippen LogP contribution < -0.4 is 5.73 Å². The number of thioether (sulfide) groups is 1. The molecule has 0 aliphatic carbocycles. The number of hydrogen-bond donors (Lipinski definition) is 1. The SMILES string of the molecule is CC(C)(CN=C(N)N1CCSCC1)S(C)(=O)=O.I. The van der Waals surface area contributed by atoms with Gasteiger partial charge in [-0.3, -0.25) is 4.99 Å². The highest BCUT2D eigenvalue weighted by Crippen LogP contribution is 2.15. The van der Waals surface area contributed by atoms with Gasteiger partial charge in [0.05, 0.1) is 11.3 Å². The first kappa shape index (κ1) is 18.3. The predicted octanol–water partition coefficient (Wildman–Crippen LogP) is 0.791. The van der Waals surface area contributed by atoms with Crippen molar-refractivity contribution in [2.45, 2.75) is 18.6 Å². The summed E-state index contributed by atoms with van der Waals surface area (Å²) in [5, 5.41) is 0. The first-order chi connectivity index (χ1) is 7.74. The molecule has 0 amide bonds. The Morgan fingerprint density at radius 2 is 1.89 bits per heavy atom. The summed E-state index contributed by atoms with van der Waals surface area (Å²) in [5.74, 6) is 2.55. The number of sulfone groups is 1. The van der Waals surface area contributed by atoms with Crippen LogP contribution in [0, 0.1) is 0 Å². The van der Waals surface area contributed by atoms with Crippen LogP contribution in [-0.4, -0.2) is 61.4 Å². The van der Waals surface area contributed by atoms with Crippen molar-refractivity contribution in [1.29, 1.82) is 0 Å². The van der Waals surface area contributed by atoms with E-state index in [1.54, 1.807) is 13.8 Å². The number of rotatable bonds is 3. The molecule has 0 radical (unpaired) electrons. The Kier molecular flexibility index (Phi) is 7.30. The Labute approximate surface area is 131 Å². The van der Waals surface area contributed by atoms with Crippen LogP contribution in [0.1, 0.15) is 13.8 Å². The van der Waals surface area contributed by atoms with E-state index in [0.717, 1.165) is 24.6 Å². The molecule has 1 saturated heterocycles. The van der Waals surface area contributed by atoms with Crippen LogP contribution in [0.5, 0.6) is 0 Å². The molecule has 0 bridgehead atoms. The van der Waals surface area contributed by atoms with Crippen LogP contribution in [0.2, 0.25) is 0 Å². The van der Waals surface area contributed by atoms with Crippen molar-refractivity contribution in [1.82, 2.24) is 4.90 Å². The summed E-state index contributed by atoms with van der Waals surface area (Å²) in [4.78, 5) is 6.23. The van der Waals surface area contributed by atoms with Crippen LogP contribution in [-0.2, 0) is 9.84 Å². The molecule has 0 aromatic rings. The second kappa shape index (κ2) is 7.18. The lowest BCUT2D eigenvalue weighted by Crippen LogP contribution is -2.44. The van der Waals surface area contributed by atoms with Gasteiger partial charge in [0.15, 0.2) is 15.8 Å². The Bertz CT molecular complexity index is 390. The fraction of sp³-hybridized carbons (Fsp3) is 0.900. The lowest BCUT2D eigenvalue weighted by Gasteiger charge is -2.28. The number of guanidine groups is 1. The highest BCUT2D eigenvalue weighted by Gasteiger charge is 2.30. The number of nitrogens with zero attached hydrogens (tertiary/aromatic N) is 2. The standard InChI is InChI=1S/C10H21N3O2S2.HI/c1-10(2,17(3,14)15)8-12-9(11)13-4-6-16-7-5-13;/h4-8H2,1-3H3,(H2,11,12);1H. The van der Waals surface area contributed by atoms with Crippen LogP contribution >= 0.6 is 35.7 Å². The maximum atomic E-state index is 11.5. The Balaban J connectivity index is 0.00000289. The second-order valence-electron chi connectivity index (χ2n) is 4.81. The average Bonchev–Trinajstić information content (AvgIpc) is 2.25. The molecule has 2 N–H and O–H groups in total. The summed E-state index contributed by atoms with van der Waals surface area (Å²) in [6, 6.07) is 0. The zero-order chi connectivity index (χ0) is 13.1. The van der Waals surface area contributed by atoms with Gasteiger partial charge in [-0.1, -0.05) is 0 Å². The first-order valence-corrected chi connectivity index (χ1v) is 8.61. The molecule has 0 aromatic carbocycles. The summed E-state index contributed by atoms with van der Waals surface area (Å²) >= 11 is 1.90. The van der Waals surface area contributed by atoms with Gasteiger partial charge in [-0.25, -0.2) is 8.42 Å². The van der Waals surface area contributed by atoms with E-state index in [-0.39, 0.29) is 30.5 Å². The molecule has 108 valence electrons. The second-order valence-corrected chi connectivity index (χ2v) is 8.68. The summed E-state index contributed by atoms with van der Waals surface area (Å²) in [5.41, 5.74) is 5.87. The van der Waals surface area contributed by atoms with Gasteiger partial charge in [0.25, 0.3) is 0 Å². The van der Waals surface area contributed by atoms with E-state index >= 15 is 0 Å². The van der Waals surface area contributed by atoms with Gasteiger partial charge in [-0.2, -0.15) is 11.8 Å². The van der Waals surface area contributed by atoms with Crippen molar-refractivity contribution in [3.05, 3.63) is 0 Å². The molecule has 0 unspecified atom stereocenters. The maximum Gasteiger partial charge on any atom is 0.191 e.